The standard InChI is InChI=1S/C9H15NO3/c1-5-13-9(11)8(10-3)6-7(2)12-4/h7-8H,5-6H2,1-2,4H3. The van der Waals surface area contributed by atoms with Crippen molar-refractivity contribution in [3.63, 3.8) is 0 Å². The third-order valence-electron chi connectivity index (χ3n) is 1.67. The zero-order chi connectivity index (χ0) is 10.3. The van der Waals surface area contributed by atoms with E-state index in [0.717, 1.165) is 0 Å². The van der Waals surface area contributed by atoms with Crippen molar-refractivity contribution in [1.29, 1.82) is 0 Å². The number of rotatable bonds is 5. The molecule has 74 valence electrons. The Hall–Kier alpha value is -1.08. The van der Waals surface area contributed by atoms with Crippen LogP contribution in [0.15, 0.2) is 0 Å². The molecule has 2 atom stereocenters. The first-order valence-electron chi connectivity index (χ1n) is 4.21. The van der Waals surface area contributed by atoms with Crippen molar-refractivity contribution < 1.29 is 14.3 Å². The minimum Gasteiger partial charge on any atom is -0.460 e. The maximum Gasteiger partial charge on any atom is 0.390 e. The monoisotopic (exact) mass is 185 g/mol. The molecule has 0 rings (SSSR count). The molecule has 0 fully saturated rings. The summed E-state index contributed by atoms with van der Waals surface area (Å²) in [5, 5.41) is 0. The Morgan fingerprint density at radius 3 is 2.62 bits per heavy atom. The largest absolute Gasteiger partial charge is 0.460 e. The molecule has 4 heteroatoms. The van der Waals surface area contributed by atoms with Crippen LogP contribution in [0.2, 0.25) is 0 Å². The van der Waals surface area contributed by atoms with Crippen LogP contribution in [0.25, 0.3) is 4.85 Å². The molecular formula is C9H15NO3. The van der Waals surface area contributed by atoms with E-state index in [0.29, 0.717) is 13.0 Å². The molecule has 0 heterocycles. The van der Waals surface area contributed by atoms with Crippen LogP contribution in [0.1, 0.15) is 20.3 Å². The minimum atomic E-state index is -0.727. The van der Waals surface area contributed by atoms with Gasteiger partial charge in [-0.2, -0.15) is 0 Å². The summed E-state index contributed by atoms with van der Waals surface area (Å²) in [6, 6.07) is -0.727. The summed E-state index contributed by atoms with van der Waals surface area (Å²) in [5.41, 5.74) is 0. The molecule has 13 heavy (non-hydrogen) atoms. The maximum atomic E-state index is 11.1. The van der Waals surface area contributed by atoms with Crippen LogP contribution < -0.4 is 0 Å². The third-order valence-corrected chi connectivity index (χ3v) is 1.67. The summed E-state index contributed by atoms with van der Waals surface area (Å²) in [4.78, 5) is 14.3. The van der Waals surface area contributed by atoms with Crippen LogP contribution in [-0.4, -0.2) is 31.8 Å². The lowest BCUT2D eigenvalue weighted by Gasteiger charge is -2.09. The fourth-order valence-electron chi connectivity index (χ4n) is 0.851. The zero-order valence-electron chi connectivity index (χ0n) is 8.24. The van der Waals surface area contributed by atoms with E-state index < -0.39 is 12.0 Å². The normalized spacial score (nSPS) is 14.3. The molecule has 4 nitrogen and oxygen atoms in total. The molecule has 0 aliphatic rings. The van der Waals surface area contributed by atoms with Crippen molar-refractivity contribution in [3.8, 4) is 0 Å². The highest BCUT2D eigenvalue weighted by Gasteiger charge is 2.27. The first-order chi connectivity index (χ1) is 6.15. The molecular weight excluding hydrogens is 170 g/mol. The number of nitrogens with zero attached hydrogens (tertiary/aromatic N) is 1. The SMILES string of the molecule is [C-]#[N+]C(CC(C)OC)C(=O)OCC. The van der Waals surface area contributed by atoms with E-state index in [2.05, 4.69) is 4.85 Å². The van der Waals surface area contributed by atoms with Gasteiger partial charge in [-0.1, -0.05) is 0 Å². The van der Waals surface area contributed by atoms with E-state index in [-0.39, 0.29) is 6.10 Å². The Morgan fingerprint density at radius 1 is 1.62 bits per heavy atom. The molecule has 0 saturated carbocycles. The molecule has 0 bridgehead atoms. The topological polar surface area (TPSA) is 39.9 Å². The van der Waals surface area contributed by atoms with Crippen LogP contribution in [-0.2, 0) is 14.3 Å². The van der Waals surface area contributed by atoms with Gasteiger partial charge < -0.3 is 14.3 Å². The smallest absolute Gasteiger partial charge is 0.390 e. The molecule has 0 amide bonds. The van der Waals surface area contributed by atoms with E-state index in [1.54, 1.807) is 14.0 Å². The molecule has 0 saturated heterocycles. The summed E-state index contributed by atoms with van der Waals surface area (Å²) in [5.74, 6) is -0.457. The van der Waals surface area contributed by atoms with Crippen molar-refractivity contribution in [3.05, 3.63) is 11.4 Å². The Balaban J connectivity index is 4.04. The van der Waals surface area contributed by atoms with Crippen LogP contribution in [0.3, 0.4) is 0 Å². The predicted octanol–water partition coefficient (Wildman–Crippen LogP) is 1.26. The summed E-state index contributed by atoms with van der Waals surface area (Å²) in [6.45, 7) is 10.7. The predicted molar refractivity (Wildman–Crippen MR) is 48.1 cm³/mol. The molecule has 0 radical (unpaired) electrons. The van der Waals surface area contributed by atoms with Crippen LogP contribution in [0.4, 0.5) is 0 Å². The Morgan fingerprint density at radius 2 is 2.23 bits per heavy atom. The fraction of sp³-hybridized carbons (Fsp3) is 0.778. The van der Waals surface area contributed by atoms with E-state index >= 15 is 0 Å². The summed E-state index contributed by atoms with van der Waals surface area (Å²) in [7, 11) is 1.55. The fourth-order valence-corrected chi connectivity index (χ4v) is 0.851. The van der Waals surface area contributed by atoms with Gasteiger partial charge in [0.25, 0.3) is 0 Å². The average Bonchev–Trinajstić information content (AvgIpc) is 2.14. The second kappa shape index (κ2) is 6.44. The van der Waals surface area contributed by atoms with Gasteiger partial charge in [0.05, 0.1) is 19.1 Å². The molecule has 0 aliphatic heterocycles. The maximum absolute atomic E-state index is 11.1. The highest BCUT2D eigenvalue weighted by Crippen LogP contribution is 2.07. The second-order valence-electron chi connectivity index (χ2n) is 2.68. The molecule has 0 aromatic rings. The van der Waals surface area contributed by atoms with Crippen molar-refractivity contribution in [1.82, 2.24) is 0 Å². The minimum absolute atomic E-state index is 0.0940. The highest BCUT2D eigenvalue weighted by atomic mass is 16.5. The highest BCUT2D eigenvalue weighted by molar-refractivity contribution is 5.77. The molecule has 0 aromatic carbocycles. The molecule has 0 aliphatic carbocycles. The van der Waals surface area contributed by atoms with Gasteiger partial charge in [0, 0.05) is 7.11 Å². The van der Waals surface area contributed by atoms with Gasteiger partial charge in [0.15, 0.2) is 0 Å². The van der Waals surface area contributed by atoms with Gasteiger partial charge >= 0.3 is 12.0 Å². The Bertz CT molecular complexity index is 198. The van der Waals surface area contributed by atoms with Crippen molar-refractivity contribution >= 4 is 5.97 Å². The number of ether oxygens (including phenoxy) is 2. The lowest BCUT2D eigenvalue weighted by atomic mass is 10.1. The first kappa shape index (κ1) is 11.9. The average molecular weight is 185 g/mol. The van der Waals surface area contributed by atoms with Gasteiger partial charge in [-0.15, -0.1) is 0 Å². The van der Waals surface area contributed by atoms with Gasteiger partial charge in [-0.3, -0.25) is 0 Å². The summed E-state index contributed by atoms with van der Waals surface area (Å²) < 4.78 is 9.69. The lowest BCUT2D eigenvalue weighted by Crippen LogP contribution is -2.24. The van der Waals surface area contributed by atoms with Gasteiger partial charge in [0.1, 0.15) is 0 Å². The Labute approximate surface area is 78.6 Å². The number of methoxy groups -OCH3 is 1. The number of hydrogen-bond acceptors (Lipinski definition) is 3. The second-order valence-corrected chi connectivity index (χ2v) is 2.68. The molecule has 0 spiro atoms. The quantitative estimate of drug-likeness (QED) is 0.478. The number of carbonyl (C=O) groups excluding carboxylic acids is 1. The third kappa shape index (κ3) is 4.48. The summed E-state index contributed by atoms with van der Waals surface area (Å²) in [6.07, 6.45) is 0.294. The van der Waals surface area contributed by atoms with Crippen molar-refractivity contribution in [2.75, 3.05) is 13.7 Å². The van der Waals surface area contributed by atoms with Crippen LogP contribution in [0.5, 0.6) is 0 Å². The summed E-state index contributed by atoms with van der Waals surface area (Å²) >= 11 is 0. The van der Waals surface area contributed by atoms with Gasteiger partial charge in [0.2, 0.25) is 0 Å². The molecule has 2 unspecified atom stereocenters. The van der Waals surface area contributed by atoms with E-state index in [4.69, 9.17) is 16.0 Å². The van der Waals surface area contributed by atoms with E-state index in [1.165, 1.54) is 0 Å². The number of hydrogen-bond donors (Lipinski definition) is 0. The first-order valence-corrected chi connectivity index (χ1v) is 4.21. The molecule has 0 aromatic heterocycles. The van der Waals surface area contributed by atoms with Gasteiger partial charge in [-0.25, -0.2) is 11.4 Å². The van der Waals surface area contributed by atoms with E-state index in [9.17, 15) is 4.79 Å². The zero-order valence-corrected chi connectivity index (χ0v) is 8.24. The molecule has 0 N–H and O–H groups in total. The Kier molecular flexibility index (Phi) is 5.90. The van der Waals surface area contributed by atoms with Crippen LogP contribution >= 0.6 is 0 Å². The van der Waals surface area contributed by atoms with Crippen molar-refractivity contribution in [2.24, 2.45) is 0 Å². The van der Waals surface area contributed by atoms with Crippen LogP contribution in [0, 0.1) is 6.57 Å². The van der Waals surface area contributed by atoms with Gasteiger partial charge in [-0.05, 0) is 13.8 Å². The number of esters is 1. The lowest BCUT2D eigenvalue weighted by molar-refractivity contribution is -0.144. The van der Waals surface area contributed by atoms with Crippen molar-refractivity contribution in [2.45, 2.75) is 32.4 Å². The van der Waals surface area contributed by atoms with E-state index in [1.807, 2.05) is 6.92 Å². The number of carbonyl (C=O) groups is 1.